The number of rotatable bonds is 5. The van der Waals surface area contributed by atoms with E-state index in [0.29, 0.717) is 17.5 Å². The Balaban J connectivity index is 1.63. The lowest BCUT2D eigenvalue weighted by atomic mass is 9.97. The topological polar surface area (TPSA) is 58.4 Å². The lowest BCUT2D eigenvalue weighted by Gasteiger charge is -2.32. The molecule has 1 aliphatic carbocycles. The molecule has 0 bridgehead atoms. The molecule has 2 aromatic heterocycles. The van der Waals surface area contributed by atoms with Gasteiger partial charge in [0.25, 0.3) is 5.56 Å². The predicted octanol–water partition coefficient (Wildman–Crippen LogP) is 2.78. The SMILES string of the molecule is C=C(C)Cn1c(SCC(=O)N2CCN(C)CC2)nc2sc3c(c2c1=O)CCCC3. The molecular weight excluding hydrogens is 404 g/mol. The van der Waals surface area contributed by atoms with Crippen LogP contribution in [0.2, 0.25) is 0 Å². The van der Waals surface area contributed by atoms with Crippen LogP contribution >= 0.6 is 23.1 Å². The van der Waals surface area contributed by atoms with Crippen molar-refractivity contribution in [1.29, 1.82) is 0 Å². The standard InChI is InChI=1S/C21H28N4O2S2/c1-14(2)12-25-20(27)18-15-6-4-5-7-16(15)29-19(18)22-21(25)28-13-17(26)24-10-8-23(3)9-11-24/h1,4-13H2,2-3H3. The fourth-order valence-corrected chi connectivity index (χ4v) is 6.22. The maximum Gasteiger partial charge on any atom is 0.263 e. The number of allylic oxidation sites excluding steroid dienone is 1. The second-order valence-corrected chi connectivity index (χ2v) is 10.1. The molecule has 1 fully saturated rings. The van der Waals surface area contributed by atoms with Gasteiger partial charge in [0.2, 0.25) is 5.91 Å². The maximum absolute atomic E-state index is 13.4. The van der Waals surface area contributed by atoms with Crippen LogP contribution in [0.4, 0.5) is 0 Å². The van der Waals surface area contributed by atoms with E-state index in [2.05, 4.69) is 18.5 Å². The Hall–Kier alpha value is -1.64. The van der Waals surface area contributed by atoms with E-state index in [-0.39, 0.29) is 11.5 Å². The molecule has 156 valence electrons. The molecule has 29 heavy (non-hydrogen) atoms. The number of aryl methyl sites for hydroxylation is 2. The Morgan fingerprint density at radius 1 is 1.21 bits per heavy atom. The highest BCUT2D eigenvalue weighted by Crippen LogP contribution is 2.34. The number of nitrogens with zero attached hydrogens (tertiary/aromatic N) is 4. The molecule has 0 saturated carbocycles. The van der Waals surface area contributed by atoms with Crippen molar-refractivity contribution in [2.75, 3.05) is 39.0 Å². The highest BCUT2D eigenvalue weighted by molar-refractivity contribution is 7.99. The Bertz CT molecular complexity index is 1000. The number of likely N-dealkylation sites (N-methyl/N-ethyl adjacent to an activating group) is 1. The van der Waals surface area contributed by atoms with Crippen molar-refractivity contribution in [1.82, 2.24) is 19.4 Å². The number of hydrogen-bond acceptors (Lipinski definition) is 6. The second kappa shape index (κ2) is 8.62. The first-order chi connectivity index (χ1) is 13.9. The van der Waals surface area contributed by atoms with Gasteiger partial charge in [0.1, 0.15) is 4.83 Å². The van der Waals surface area contributed by atoms with Crippen molar-refractivity contribution in [2.24, 2.45) is 0 Å². The molecule has 2 aliphatic rings. The number of carbonyl (C=O) groups is 1. The summed E-state index contributed by atoms with van der Waals surface area (Å²) in [4.78, 5) is 37.2. The molecule has 1 saturated heterocycles. The number of piperazine rings is 1. The van der Waals surface area contributed by atoms with Crippen LogP contribution < -0.4 is 5.56 Å². The van der Waals surface area contributed by atoms with E-state index < -0.39 is 0 Å². The zero-order valence-electron chi connectivity index (χ0n) is 17.2. The summed E-state index contributed by atoms with van der Waals surface area (Å²) in [5.74, 6) is 0.424. The van der Waals surface area contributed by atoms with E-state index in [1.807, 2.05) is 11.8 Å². The third-order valence-corrected chi connectivity index (χ3v) is 7.80. The highest BCUT2D eigenvalue weighted by Gasteiger charge is 2.24. The summed E-state index contributed by atoms with van der Waals surface area (Å²) in [6.07, 6.45) is 4.32. The van der Waals surface area contributed by atoms with Gasteiger partial charge in [-0.3, -0.25) is 14.2 Å². The first kappa shape index (κ1) is 20.6. The number of hydrogen-bond donors (Lipinski definition) is 0. The summed E-state index contributed by atoms with van der Waals surface area (Å²) in [6, 6.07) is 0. The smallest absolute Gasteiger partial charge is 0.263 e. The summed E-state index contributed by atoms with van der Waals surface area (Å²) < 4.78 is 1.72. The third-order valence-electron chi connectivity index (χ3n) is 5.65. The Morgan fingerprint density at radius 3 is 2.66 bits per heavy atom. The van der Waals surface area contributed by atoms with Crippen LogP contribution in [-0.4, -0.2) is 64.2 Å². The summed E-state index contributed by atoms with van der Waals surface area (Å²) in [6.45, 7) is 9.69. The Labute approximate surface area is 179 Å². The number of aromatic nitrogens is 2. The van der Waals surface area contributed by atoms with Gasteiger partial charge in [0, 0.05) is 37.6 Å². The molecule has 1 aliphatic heterocycles. The summed E-state index contributed by atoms with van der Waals surface area (Å²) in [5.41, 5.74) is 2.13. The number of amides is 1. The van der Waals surface area contributed by atoms with E-state index in [9.17, 15) is 9.59 Å². The zero-order valence-corrected chi connectivity index (χ0v) is 18.8. The fourth-order valence-electron chi connectivity index (χ4n) is 4.01. The van der Waals surface area contributed by atoms with Gasteiger partial charge in [-0.2, -0.15) is 0 Å². The molecule has 3 heterocycles. The van der Waals surface area contributed by atoms with Crippen molar-refractivity contribution >= 4 is 39.2 Å². The van der Waals surface area contributed by atoms with Gasteiger partial charge < -0.3 is 9.80 Å². The molecule has 0 aromatic carbocycles. The van der Waals surface area contributed by atoms with E-state index in [1.54, 1.807) is 15.9 Å². The summed E-state index contributed by atoms with van der Waals surface area (Å²) >= 11 is 3.04. The van der Waals surface area contributed by atoms with Gasteiger partial charge in [-0.05, 0) is 45.2 Å². The van der Waals surface area contributed by atoms with Crippen LogP contribution in [0, 0.1) is 0 Å². The van der Waals surface area contributed by atoms with Crippen LogP contribution in [0.15, 0.2) is 22.1 Å². The average molecular weight is 433 g/mol. The summed E-state index contributed by atoms with van der Waals surface area (Å²) in [7, 11) is 2.08. The van der Waals surface area contributed by atoms with Crippen molar-refractivity contribution in [3.8, 4) is 0 Å². The molecular formula is C21H28N4O2S2. The molecule has 0 spiro atoms. The van der Waals surface area contributed by atoms with E-state index in [0.717, 1.165) is 61.2 Å². The Morgan fingerprint density at radius 2 is 1.93 bits per heavy atom. The lowest BCUT2D eigenvalue weighted by molar-refractivity contribution is -0.129. The van der Waals surface area contributed by atoms with Crippen LogP contribution in [0.3, 0.4) is 0 Å². The molecule has 0 radical (unpaired) electrons. The number of carbonyl (C=O) groups excluding carboxylic acids is 1. The van der Waals surface area contributed by atoms with Gasteiger partial charge >= 0.3 is 0 Å². The maximum atomic E-state index is 13.4. The molecule has 0 N–H and O–H groups in total. The largest absolute Gasteiger partial charge is 0.339 e. The van der Waals surface area contributed by atoms with Crippen molar-refractivity contribution in [3.05, 3.63) is 32.9 Å². The fraction of sp³-hybridized carbons (Fsp3) is 0.571. The van der Waals surface area contributed by atoms with E-state index in [4.69, 9.17) is 4.98 Å². The minimum atomic E-state index is 0.0203. The molecule has 4 rings (SSSR count). The molecule has 1 amide bonds. The quantitative estimate of drug-likeness (QED) is 0.413. The number of thiophene rings is 1. The minimum Gasteiger partial charge on any atom is -0.339 e. The van der Waals surface area contributed by atoms with Crippen molar-refractivity contribution < 1.29 is 4.79 Å². The number of fused-ring (bicyclic) bond motifs is 3. The van der Waals surface area contributed by atoms with Crippen LogP contribution in [0.5, 0.6) is 0 Å². The zero-order chi connectivity index (χ0) is 20.5. The van der Waals surface area contributed by atoms with Crippen molar-refractivity contribution in [3.63, 3.8) is 0 Å². The average Bonchev–Trinajstić information content (AvgIpc) is 3.07. The van der Waals surface area contributed by atoms with Crippen LogP contribution in [-0.2, 0) is 24.2 Å². The second-order valence-electron chi connectivity index (χ2n) is 8.11. The third kappa shape index (κ3) is 4.29. The van der Waals surface area contributed by atoms with Gasteiger partial charge in [-0.1, -0.05) is 23.9 Å². The molecule has 6 nitrogen and oxygen atoms in total. The highest BCUT2D eigenvalue weighted by atomic mass is 32.2. The molecule has 8 heteroatoms. The van der Waals surface area contributed by atoms with Gasteiger partial charge in [0.05, 0.1) is 11.1 Å². The molecule has 2 aromatic rings. The Kier molecular flexibility index (Phi) is 6.13. The van der Waals surface area contributed by atoms with Crippen LogP contribution in [0.1, 0.15) is 30.2 Å². The van der Waals surface area contributed by atoms with E-state index >= 15 is 0 Å². The summed E-state index contributed by atoms with van der Waals surface area (Å²) in [5, 5.41) is 1.42. The molecule has 0 unspecified atom stereocenters. The van der Waals surface area contributed by atoms with Gasteiger partial charge in [0.15, 0.2) is 5.16 Å². The van der Waals surface area contributed by atoms with Crippen LogP contribution in [0.25, 0.3) is 10.2 Å². The normalized spacial score (nSPS) is 17.5. The molecule has 0 atom stereocenters. The van der Waals surface area contributed by atoms with Crippen molar-refractivity contribution in [2.45, 2.75) is 44.3 Å². The van der Waals surface area contributed by atoms with Gasteiger partial charge in [-0.25, -0.2) is 4.98 Å². The van der Waals surface area contributed by atoms with Gasteiger partial charge in [-0.15, -0.1) is 11.3 Å². The number of thioether (sulfide) groups is 1. The van der Waals surface area contributed by atoms with E-state index in [1.165, 1.54) is 28.6 Å². The lowest BCUT2D eigenvalue weighted by Crippen LogP contribution is -2.47. The minimum absolute atomic E-state index is 0.0203. The monoisotopic (exact) mass is 432 g/mol. The first-order valence-corrected chi connectivity index (χ1v) is 12.0. The first-order valence-electron chi connectivity index (χ1n) is 10.2. The predicted molar refractivity (Wildman–Crippen MR) is 120 cm³/mol.